The molecular weight excluding hydrogens is 258 g/mol. The van der Waals surface area contributed by atoms with Crippen LogP contribution in [-0.4, -0.2) is 37.0 Å². The van der Waals surface area contributed by atoms with E-state index in [4.69, 9.17) is 4.74 Å². The van der Waals surface area contributed by atoms with Crippen LogP contribution >= 0.6 is 11.8 Å². The molecule has 0 aromatic heterocycles. The Bertz CT molecular complexity index is 467. The summed E-state index contributed by atoms with van der Waals surface area (Å²) in [6.07, 6.45) is 0.547. The molecule has 19 heavy (non-hydrogen) atoms. The van der Waals surface area contributed by atoms with Crippen molar-refractivity contribution in [1.82, 2.24) is 5.32 Å². The van der Waals surface area contributed by atoms with Gasteiger partial charge in [0.1, 0.15) is 5.75 Å². The molecule has 1 aliphatic rings. The fourth-order valence-electron chi connectivity index (χ4n) is 2.36. The van der Waals surface area contributed by atoms with Crippen LogP contribution in [0.15, 0.2) is 12.1 Å². The minimum absolute atomic E-state index is 0.167. The van der Waals surface area contributed by atoms with Crippen LogP contribution in [0.4, 0.5) is 0 Å². The third-order valence-electron chi connectivity index (χ3n) is 3.61. The molecule has 1 atom stereocenters. The topological polar surface area (TPSA) is 38.3 Å². The van der Waals surface area contributed by atoms with E-state index in [9.17, 15) is 4.79 Å². The lowest BCUT2D eigenvalue weighted by Crippen LogP contribution is -2.38. The summed E-state index contributed by atoms with van der Waals surface area (Å²) in [4.78, 5) is 12.4. The number of ketones is 1. The number of Topliss-reactive ketones (excluding diaryl/α,β-unsaturated/α-hetero) is 1. The maximum atomic E-state index is 12.4. The van der Waals surface area contributed by atoms with Crippen LogP contribution in [0.1, 0.15) is 27.9 Å². The summed E-state index contributed by atoms with van der Waals surface area (Å²) in [7, 11) is 1.63. The Balaban J connectivity index is 2.16. The zero-order valence-corrected chi connectivity index (χ0v) is 12.6. The van der Waals surface area contributed by atoms with E-state index in [-0.39, 0.29) is 11.8 Å². The first-order valence-electron chi connectivity index (χ1n) is 6.62. The van der Waals surface area contributed by atoms with Crippen molar-refractivity contribution in [3.05, 3.63) is 28.8 Å². The van der Waals surface area contributed by atoms with E-state index in [0.717, 1.165) is 34.9 Å². The molecule has 0 radical (unpaired) electrons. The van der Waals surface area contributed by atoms with Gasteiger partial charge in [-0.3, -0.25) is 4.79 Å². The minimum Gasteiger partial charge on any atom is -0.496 e. The Morgan fingerprint density at radius 3 is 2.89 bits per heavy atom. The second-order valence-electron chi connectivity index (χ2n) is 4.94. The lowest BCUT2D eigenvalue weighted by atomic mass is 9.98. The number of rotatable bonds is 4. The third-order valence-corrected chi connectivity index (χ3v) is 4.74. The summed E-state index contributed by atoms with van der Waals surface area (Å²) in [5.74, 6) is 3.05. The molecule has 104 valence electrons. The predicted octanol–water partition coefficient (Wildman–Crippen LogP) is 2.59. The van der Waals surface area contributed by atoms with Gasteiger partial charge in [-0.15, -0.1) is 0 Å². The van der Waals surface area contributed by atoms with Crippen LogP contribution < -0.4 is 10.1 Å². The van der Waals surface area contributed by atoms with Gasteiger partial charge >= 0.3 is 0 Å². The lowest BCUT2D eigenvalue weighted by Gasteiger charge is -2.23. The van der Waals surface area contributed by atoms with Gasteiger partial charge < -0.3 is 10.1 Å². The van der Waals surface area contributed by atoms with E-state index >= 15 is 0 Å². The largest absolute Gasteiger partial charge is 0.496 e. The molecule has 4 heteroatoms. The average molecular weight is 279 g/mol. The van der Waals surface area contributed by atoms with Crippen molar-refractivity contribution >= 4 is 17.5 Å². The molecule has 1 N–H and O–H groups in total. The zero-order valence-electron chi connectivity index (χ0n) is 11.8. The van der Waals surface area contributed by atoms with Gasteiger partial charge in [-0.1, -0.05) is 6.07 Å². The molecule has 0 bridgehead atoms. The molecule has 0 spiro atoms. The minimum atomic E-state index is 0.167. The van der Waals surface area contributed by atoms with Gasteiger partial charge in [-0.25, -0.2) is 0 Å². The van der Waals surface area contributed by atoms with E-state index in [2.05, 4.69) is 5.32 Å². The molecule has 0 saturated carbocycles. The Hall–Kier alpha value is -1.00. The Morgan fingerprint density at radius 2 is 2.26 bits per heavy atom. The number of carbonyl (C=O) groups is 1. The van der Waals surface area contributed by atoms with Gasteiger partial charge in [0.25, 0.3) is 0 Å². The first kappa shape index (κ1) is 14.4. The van der Waals surface area contributed by atoms with Crippen molar-refractivity contribution in [3.8, 4) is 5.75 Å². The fourth-order valence-corrected chi connectivity index (χ4v) is 3.31. The maximum Gasteiger partial charge on any atom is 0.168 e. The van der Waals surface area contributed by atoms with Crippen molar-refractivity contribution in [3.63, 3.8) is 0 Å². The van der Waals surface area contributed by atoms with E-state index < -0.39 is 0 Å². The number of ether oxygens (including phenoxy) is 1. The first-order valence-corrected chi connectivity index (χ1v) is 7.77. The number of hydrogen-bond acceptors (Lipinski definition) is 4. The molecule has 2 rings (SSSR count). The fraction of sp³-hybridized carbons (Fsp3) is 0.533. The summed E-state index contributed by atoms with van der Waals surface area (Å²) in [5.41, 5.74) is 2.92. The van der Waals surface area contributed by atoms with E-state index in [1.54, 1.807) is 7.11 Å². The summed E-state index contributed by atoms with van der Waals surface area (Å²) < 4.78 is 5.42. The van der Waals surface area contributed by atoms with Crippen molar-refractivity contribution in [2.45, 2.75) is 26.3 Å². The SMILES string of the molecule is COc1c(C(=O)CC2CSCCN2)ccc(C)c1C. The van der Waals surface area contributed by atoms with Gasteiger partial charge in [0.05, 0.1) is 12.7 Å². The smallest absolute Gasteiger partial charge is 0.168 e. The van der Waals surface area contributed by atoms with Gasteiger partial charge in [-0.05, 0) is 31.0 Å². The summed E-state index contributed by atoms with van der Waals surface area (Å²) in [5, 5.41) is 3.40. The van der Waals surface area contributed by atoms with E-state index in [1.807, 2.05) is 37.7 Å². The molecule has 0 aliphatic carbocycles. The molecule has 1 aliphatic heterocycles. The summed E-state index contributed by atoms with van der Waals surface area (Å²) in [6, 6.07) is 4.17. The van der Waals surface area contributed by atoms with Crippen molar-refractivity contribution < 1.29 is 9.53 Å². The number of aryl methyl sites for hydroxylation is 1. The Kier molecular flexibility index (Phi) is 4.88. The van der Waals surface area contributed by atoms with Gasteiger partial charge in [0, 0.05) is 30.5 Å². The standard InChI is InChI=1S/C15H21NO2S/c1-10-4-5-13(15(18-3)11(10)2)14(17)8-12-9-19-7-6-16-12/h4-5,12,16H,6-9H2,1-3H3. The molecule has 1 heterocycles. The number of carbonyl (C=O) groups excluding carboxylic acids is 1. The number of methoxy groups -OCH3 is 1. The highest BCUT2D eigenvalue weighted by Gasteiger charge is 2.21. The molecule has 1 fully saturated rings. The molecule has 0 amide bonds. The number of benzene rings is 1. The third kappa shape index (κ3) is 3.31. The van der Waals surface area contributed by atoms with E-state index in [1.165, 1.54) is 0 Å². The van der Waals surface area contributed by atoms with E-state index in [0.29, 0.717) is 12.0 Å². The Labute approximate surface area is 119 Å². The zero-order chi connectivity index (χ0) is 13.8. The molecule has 1 saturated heterocycles. The van der Waals surface area contributed by atoms with Crippen LogP contribution in [-0.2, 0) is 0 Å². The molecule has 1 aromatic carbocycles. The summed E-state index contributed by atoms with van der Waals surface area (Å²) >= 11 is 1.91. The molecule has 3 nitrogen and oxygen atoms in total. The highest BCUT2D eigenvalue weighted by molar-refractivity contribution is 7.99. The monoisotopic (exact) mass is 279 g/mol. The van der Waals surface area contributed by atoms with Crippen molar-refractivity contribution in [2.24, 2.45) is 0 Å². The number of nitrogens with one attached hydrogen (secondary N) is 1. The lowest BCUT2D eigenvalue weighted by molar-refractivity contribution is 0.0969. The van der Waals surface area contributed by atoms with Crippen LogP contribution in [0.3, 0.4) is 0 Å². The number of hydrogen-bond donors (Lipinski definition) is 1. The summed E-state index contributed by atoms with van der Waals surface area (Å²) in [6.45, 7) is 5.03. The maximum absolute atomic E-state index is 12.4. The highest BCUT2D eigenvalue weighted by Crippen LogP contribution is 2.27. The van der Waals surface area contributed by atoms with Gasteiger partial charge in [-0.2, -0.15) is 11.8 Å². The van der Waals surface area contributed by atoms with Crippen LogP contribution in [0.2, 0.25) is 0 Å². The quantitative estimate of drug-likeness (QED) is 0.860. The average Bonchev–Trinajstić information content (AvgIpc) is 2.42. The van der Waals surface area contributed by atoms with Crippen LogP contribution in [0.25, 0.3) is 0 Å². The van der Waals surface area contributed by atoms with Gasteiger partial charge in [0.2, 0.25) is 0 Å². The highest BCUT2D eigenvalue weighted by atomic mass is 32.2. The second-order valence-corrected chi connectivity index (χ2v) is 6.09. The van der Waals surface area contributed by atoms with Crippen LogP contribution in [0.5, 0.6) is 5.75 Å². The second kappa shape index (κ2) is 6.44. The number of thioether (sulfide) groups is 1. The molecule has 1 aromatic rings. The Morgan fingerprint density at radius 1 is 1.47 bits per heavy atom. The normalized spacial score (nSPS) is 19.2. The molecular formula is C15H21NO2S. The predicted molar refractivity (Wildman–Crippen MR) is 80.5 cm³/mol. The van der Waals surface area contributed by atoms with Crippen molar-refractivity contribution in [2.75, 3.05) is 25.2 Å². The first-order chi connectivity index (χ1) is 9.13. The van der Waals surface area contributed by atoms with Gasteiger partial charge in [0.15, 0.2) is 5.78 Å². The molecule has 1 unspecified atom stereocenters. The van der Waals surface area contributed by atoms with Crippen LogP contribution in [0, 0.1) is 13.8 Å². The van der Waals surface area contributed by atoms with Crippen molar-refractivity contribution in [1.29, 1.82) is 0 Å².